The van der Waals surface area contributed by atoms with E-state index in [-0.39, 0.29) is 6.10 Å². The van der Waals surface area contributed by atoms with Crippen molar-refractivity contribution in [3.8, 4) is 0 Å². The topological polar surface area (TPSA) is 33.1 Å². The molecular weight excluding hydrogens is 198 g/mol. The van der Waals surface area contributed by atoms with Gasteiger partial charge in [0.25, 0.3) is 0 Å². The van der Waals surface area contributed by atoms with E-state index in [2.05, 4.69) is 4.98 Å². The van der Waals surface area contributed by atoms with Gasteiger partial charge < -0.3 is 5.11 Å². The van der Waals surface area contributed by atoms with Crippen LogP contribution in [0, 0.1) is 17.8 Å². The Labute approximate surface area is 96.7 Å². The van der Waals surface area contributed by atoms with Crippen LogP contribution in [0.25, 0.3) is 0 Å². The number of pyridine rings is 1. The Balaban J connectivity index is 1.63. The number of aromatic nitrogens is 1. The minimum absolute atomic E-state index is 0.356. The molecule has 0 saturated heterocycles. The van der Waals surface area contributed by atoms with Gasteiger partial charge in [0.2, 0.25) is 0 Å². The maximum atomic E-state index is 10.1. The molecule has 1 aromatic rings. The van der Waals surface area contributed by atoms with E-state index in [1.165, 1.54) is 25.7 Å². The van der Waals surface area contributed by atoms with Crippen LogP contribution in [0.15, 0.2) is 24.4 Å². The number of fused-ring (bicyclic) bond motifs is 2. The number of aliphatic hydroxyl groups is 1. The van der Waals surface area contributed by atoms with Crippen molar-refractivity contribution in [3.05, 3.63) is 30.1 Å². The number of rotatable bonds is 3. The van der Waals surface area contributed by atoms with Crippen LogP contribution in [0.3, 0.4) is 0 Å². The van der Waals surface area contributed by atoms with Crippen LogP contribution < -0.4 is 0 Å². The molecule has 0 aromatic carbocycles. The van der Waals surface area contributed by atoms with Gasteiger partial charge in [0.1, 0.15) is 0 Å². The molecule has 2 saturated carbocycles. The summed E-state index contributed by atoms with van der Waals surface area (Å²) < 4.78 is 0. The van der Waals surface area contributed by atoms with E-state index in [0.717, 1.165) is 29.9 Å². The van der Waals surface area contributed by atoms with Gasteiger partial charge in [-0.25, -0.2) is 0 Å². The highest BCUT2D eigenvalue weighted by molar-refractivity contribution is 5.07. The van der Waals surface area contributed by atoms with Gasteiger partial charge in [-0.15, -0.1) is 0 Å². The lowest BCUT2D eigenvalue weighted by molar-refractivity contribution is 0.122. The summed E-state index contributed by atoms with van der Waals surface area (Å²) in [5.74, 6) is 2.60. The molecule has 0 spiro atoms. The van der Waals surface area contributed by atoms with E-state index < -0.39 is 0 Å². The fourth-order valence-corrected chi connectivity index (χ4v) is 3.65. The summed E-state index contributed by atoms with van der Waals surface area (Å²) in [6, 6.07) is 5.78. The van der Waals surface area contributed by atoms with E-state index in [1.54, 1.807) is 6.20 Å². The fourth-order valence-electron chi connectivity index (χ4n) is 3.65. The Hall–Kier alpha value is -0.890. The average Bonchev–Trinajstić information content (AvgIpc) is 2.92. The Kier molecular flexibility index (Phi) is 2.68. The number of nitrogens with zero attached hydrogens (tertiary/aromatic N) is 1. The van der Waals surface area contributed by atoms with Crippen molar-refractivity contribution < 1.29 is 5.11 Å². The van der Waals surface area contributed by atoms with Crippen LogP contribution in [0.5, 0.6) is 0 Å². The Bertz CT molecular complexity index is 351. The second kappa shape index (κ2) is 4.17. The SMILES string of the molecule is OC(CC1CC2CCC1C2)c1ccccn1. The first-order valence-corrected chi connectivity index (χ1v) is 6.42. The van der Waals surface area contributed by atoms with Gasteiger partial charge in [-0.2, -0.15) is 0 Å². The zero-order valence-corrected chi connectivity index (χ0v) is 9.55. The summed E-state index contributed by atoms with van der Waals surface area (Å²) in [6.45, 7) is 0. The van der Waals surface area contributed by atoms with Crippen LogP contribution in [-0.2, 0) is 0 Å². The van der Waals surface area contributed by atoms with Crippen molar-refractivity contribution in [3.63, 3.8) is 0 Å². The molecule has 2 aliphatic carbocycles. The van der Waals surface area contributed by atoms with Gasteiger partial charge in [-0.3, -0.25) is 4.98 Å². The predicted octanol–water partition coefficient (Wildman–Crippen LogP) is 2.94. The monoisotopic (exact) mass is 217 g/mol. The standard InChI is InChI=1S/C14H19NO/c16-14(13-3-1-2-6-15-13)9-12-8-10-4-5-11(12)7-10/h1-3,6,10-12,14,16H,4-5,7-9H2. The van der Waals surface area contributed by atoms with Crippen LogP contribution in [0.4, 0.5) is 0 Å². The lowest BCUT2D eigenvalue weighted by Gasteiger charge is -2.23. The predicted molar refractivity (Wildman–Crippen MR) is 62.8 cm³/mol. The van der Waals surface area contributed by atoms with Crippen LogP contribution in [0.2, 0.25) is 0 Å². The molecule has 1 N–H and O–H groups in total. The molecule has 3 rings (SSSR count). The van der Waals surface area contributed by atoms with Crippen molar-refractivity contribution >= 4 is 0 Å². The molecule has 0 radical (unpaired) electrons. The maximum Gasteiger partial charge on any atom is 0.0962 e. The van der Waals surface area contributed by atoms with Gasteiger partial charge in [0.05, 0.1) is 11.8 Å². The van der Waals surface area contributed by atoms with Crippen molar-refractivity contribution in [2.75, 3.05) is 0 Å². The van der Waals surface area contributed by atoms with Gasteiger partial charge >= 0.3 is 0 Å². The van der Waals surface area contributed by atoms with E-state index in [0.29, 0.717) is 0 Å². The van der Waals surface area contributed by atoms with Crippen molar-refractivity contribution in [2.24, 2.45) is 17.8 Å². The second-order valence-electron chi connectivity index (χ2n) is 5.44. The Morgan fingerprint density at radius 2 is 2.25 bits per heavy atom. The zero-order chi connectivity index (χ0) is 11.0. The average molecular weight is 217 g/mol. The lowest BCUT2D eigenvalue weighted by atomic mass is 9.84. The summed E-state index contributed by atoms with van der Waals surface area (Å²) in [4.78, 5) is 4.23. The Morgan fingerprint density at radius 1 is 1.31 bits per heavy atom. The van der Waals surface area contributed by atoms with E-state index in [4.69, 9.17) is 0 Å². The first-order valence-electron chi connectivity index (χ1n) is 6.42. The third-order valence-corrected chi connectivity index (χ3v) is 4.44. The van der Waals surface area contributed by atoms with Gasteiger partial charge in [-0.05, 0) is 55.6 Å². The molecule has 2 aliphatic rings. The number of aliphatic hydroxyl groups excluding tert-OH is 1. The third-order valence-electron chi connectivity index (χ3n) is 4.44. The van der Waals surface area contributed by atoms with Gasteiger partial charge in [0, 0.05) is 6.20 Å². The minimum atomic E-state index is -0.356. The highest BCUT2D eigenvalue weighted by atomic mass is 16.3. The molecule has 2 nitrogen and oxygen atoms in total. The molecule has 0 amide bonds. The highest BCUT2D eigenvalue weighted by Crippen LogP contribution is 2.50. The van der Waals surface area contributed by atoms with E-state index >= 15 is 0 Å². The number of hydrogen-bond donors (Lipinski definition) is 1. The maximum absolute atomic E-state index is 10.1. The summed E-state index contributed by atoms with van der Waals surface area (Å²) in [6.07, 6.45) is 7.90. The Morgan fingerprint density at radius 3 is 2.88 bits per heavy atom. The summed E-state index contributed by atoms with van der Waals surface area (Å²) in [5.41, 5.74) is 0.838. The molecule has 16 heavy (non-hydrogen) atoms. The number of hydrogen-bond acceptors (Lipinski definition) is 2. The van der Waals surface area contributed by atoms with Gasteiger partial charge in [-0.1, -0.05) is 12.5 Å². The molecule has 2 bridgehead atoms. The highest BCUT2D eigenvalue weighted by Gasteiger charge is 2.40. The second-order valence-corrected chi connectivity index (χ2v) is 5.44. The third kappa shape index (κ3) is 1.86. The molecular formula is C14H19NO. The smallest absolute Gasteiger partial charge is 0.0962 e. The van der Waals surface area contributed by atoms with Crippen molar-refractivity contribution in [2.45, 2.75) is 38.2 Å². The quantitative estimate of drug-likeness (QED) is 0.844. The summed E-state index contributed by atoms with van der Waals surface area (Å²) in [5, 5.41) is 10.1. The van der Waals surface area contributed by atoms with Crippen LogP contribution in [-0.4, -0.2) is 10.1 Å². The van der Waals surface area contributed by atoms with E-state index in [1.807, 2.05) is 18.2 Å². The molecule has 1 heterocycles. The largest absolute Gasteiger partial charge is 0.387 e. The van der Waals surface area contributed by atoms with Crippen LogP contribution in [0.1, 0.15) is 43.9 Å². The molecule has 86 valence electrons. The first kappa shape index (κ1) is 10.3. The lowest BCUT2D eigenvalue weighted by Crippen LogP contribution is -2.14. The first-order chi connectivity index (χ1) is 7.83. The molecule has 0 aliphatic heterocycles. The van der Waals surface area contributed by atoms with Gasteiger partial charge in [0.15, 0.2) is 0 Å². The van der Waals surface area contributed by atoms with Crippen molar-refractivity contribution in [1.82, 2.24) is 4.98 Å². The molecule has 2 fully saturated rings. The summed E-state index contributed by atoms with van der Waals surface area (Å²) >= 11 is 0. The van der Waals surface area contributed by atoms with Crippen molar-refractivity contribution in [1.29, 1.82) is 0 Å². The summed E-state index contributed by atoms with van der Waals surface area (Å²) in [7, 11) is 0. The van der Waals surface area contributed by atoms with Crippen LogP contribution >= 0.6 is 0 Å². The van der Waals surface area contributed by atoms with E-state index in [9.17, 15) is 5.11 Å². The zero-order valence-electron chi connectivity index (χ0n) is 9.55. The molecule has 4 atom stereocenters. The molecule has 1 aromatic heterocycles. The normalized spacial score (nSPS) is 34.2. The molecule has 2 heteroatoms. The fraction of sp³-hybridized carbons (Fsp3) is 0.643. The molecule has 4 unspecified atom stereocenters. The minimum Gasteiger partial charge on any atom is -0.387 e.